The van der Waals surface area contributed by atoms with Crippen LogP contribution in [0.4, 0.5) is 0 Å². The minimum atomic E-state index is -0.134. The van der Waals surface area contributed by atoms with Gasteiger partial charge in [0.2, 0.25) is 11.8 Å². The predicted octanol–water partition coefficient (Wildman–Crippen LogP) is 3.43. The van der Waals surface area contributed by atoms with Crippen LogP contribution in [0.3, 0.4) is 0 Å². The highest BCUT2D eigenvalue weighted by Gasteiger charge is 2.24. The van der Waals surface area contributed by atoms with Crippen LogP contribution in [0.25, 0.3) is 0 Å². The van der Waals surface area contributed by atoms with Crippen molar-refractivity contribution >= 4 is 17.7 Å². The summed E-state index contributed by atoms with van der Waals surface area (Å²) in [5.41, 5.74) is 4.54. The number of nitrogens with one attached hydrogen (secondary N) is 1. The number of piperazine rings is 1. The number of amides is 3. The summed E-state index contributed by atoms with van der Waals surface area (Å²) in [6.07, 6.45) is 4.20. The maximum Gasteiger partial charge on any atom is 0.253 e. The van der Waals surface area contributed by atoms with Gasteiger partial charge in [0, 0.05) is 44.6 Å². The Morgan fingerprint density at radius 3 is 2.11 bits per heavy atom. The first-order valence-electron chi connectivity index (χ1n) is 12.1. The number of rotatable bonds is 11. The lowest BCUT2D eigenvalue weighted by Crippen LogP contribution is -2.50. The topological polar surface area (TPSA) is 103 Å². The second-order valence-electron chi connectivity index (χ2n) is 8.58. The number of nitriles is 1. The molecular weight excluding hydrogens is 444 g/mol. The van der Waals surface area contributed by atoms with Crippen molar-refractivity contribution < 1.29 is 19.2 Å². The van der Waals surface area contributed by atoms with Crippen molar-refractivity contribution in [2.24, 2.45) is 0 Å². The molecule has 0 saturated carbocycles. The molecule has 3 rings (SSSR count). The summed E-state index contributed by atoms with van der Waals surface area (Å²) in [5, 5.41) is 8.88. The van der Waals surface area contributed by atoms with Crippen molar-refractivity contribution in [3.05, 3.63) is 71.3 Å². The van der Waals surface area contributed by atoms with E-state index in [1.54, 1.807) is 29.2 Å². The Labute approximate surface area is 206 Å². The number of nitrogens with zero attached hydrogens (tertiary/aromatic N) is 3. The zero-order chi connectivity index (χ0) is 24.9. The molecule has 0 atom stereocenters. The molecule has 0 spiro atoms. The smallest absolute Gasteiger partial charge is 0.253 e. The van der Waals surface area contributed by atoms with E-state index in [1.807, 2.05) is 41.3 Å². The standard InChI is InChI=1S/C27H32N4O4/c28-20-22-12-14-24(15-13-22)27(34)31-18-16-30(17-19-31)26(33)11-7-2-1-6-10-25(32)29-35-21-23-8-4-3-5-9-23/h3-5,8-9,12-15H,1-2,6-7,10-11,16-19,21H2,(H,29,32). The van der Waals surface area contributed by atoms with Crippen molar-refractivity contribution in [3.8, 4) is 6.07 Å². The molecule has 184 valence electrons. The molecule has 0 aromatic heterocycles. The van der Waals surface area contributed by atoms with Crippen LogP contribution in [0.2, 0.25) is 0 Å². The SMILES string of the molecule is N#Cc1ccc(C(=O)N2CCN(C(=O)CCCCCCC(=O)NOCc3ccccc3)CC2)cc1. The number of benzene rings is 2. The Morgan fingerprint density at radius 1 is 0.829 bits per heavy atom. The molecule has 1 fully saturated rings. The van der Waals surface area contributed by atoms with Gasteiger partial charge in [-0.15, -0.1) is 0 Å². The van der Waals surface area contributed by atoms with Crippen molar-refractivity contribution in [1.29, 1.82) is 5.26 Å². The fourth-order valence-corrected chi connectivity index (χ4v) is 3.93. The van der Waals surface area contributed by atoms with E-state index >= 15 is 0 Å². The number of carbonyl (C=O) groups is 3. The van der Waals surface area contributed by atoms with Crippen molar-refractivity contribution in [1.82, 2.24) is 15.3 Å². The lowest BCUT2D eigenvalue weighted by Gasteiger charge is -2.35. The van der Waals surface area contributed by atoms with E-state index in [2.05, 4.69) is 5.48 Å². The molecule has 1 saturated heterocycles. The first-order chi connectivity index (χ1) is 17.1. The molecule has 8 nitrogen and oxygen atoms in total. The summed E-state index contributed by atoms with van der Waals surface area (Å²) in [6.45, 7) is 2.42. The van der Waals surface area contributed by atoms with Gasteiger partial charge in [-0.1, -0.05) is 43.2 Å². The summed E-state index contributed by atoms with van der Waals surface area (Å²) >= 11 is 0. The van der Waals surface area contributed by atoms with E-state index in [9.17, 15) is 14.4 Å². The molecule has 3 amide bonds. The summed E-state index contributed by atoms with van der Waals surface area (Å²) in [6, 6.07) is 18.3. The van der Waals surface area contributed by atoms with Crippen molar-refractivity contribution in [3.63, 3.8) is 0 Å². The number of hydrogen-bond donors (Lipinski definition) is 1. The minimum absolute atomic E-state index is 0.0731. The third-order valence-electron chi connectivity index (χ3n) is 5.99. The maximum absolute atomic E-state index is 12.6. The van der Waals surface area contributed by atoms with E-state index < -0.39 is 0 Å². The lowest BCUT2D eigenvalue weighted by atomic mass is 10.1. The Morgan fingerprint density at radius 2 is 1.46 bits per heavy atom. The van der Waals surface area contributed by atoms with Gasteiger partial charge in [-0.3, -0.25) is 19.2 Å². The second-order valence-corrected chi connectivity index (χ2v) is 8.58. The predicted molar refractivity (Wildman–Crippen MR) is 131 cm³/mol. The van der Waals surface area contributed by atoms with E-state index in [1.165, 1.54) is 0 Å². The molecule has 0 bridgehead atoms. The zero-order valence-corrected chi connectivity index (χ0v) is 19.9. The Kier molecular flexibility index (Phi) is 10.3. The fourth-order valence-electron chi connectivity index (χ4n) is 3.93. The average Bonchev–Trinajstić information content (AvgIpc) is 2.91. The van der Waals surface area contributed by atoms with Gasteiger partial charge in [0.15, 0.2) is 0 Å². The van der Waals surface area contributed by atoms with Gasteiger partial charge in [-0.05, 0) is 42.7 Å². The summed E-state index contributed by atoms with van der Waals surface area (Å²) in [4.78, 5) is 45.8. The van der Waals surface area contributed by atoms with Crippen LogP contribution in [0.1, 0.15) is 60.0 Å². The van der Waals surface area contributed by atoms with Gasteiger partial charge in [0.1, 0.15) is 0 Å². The number of hydrogen-bond acceptors (Lipinski definition) is 5. The van der Waals surface area contributed by atoms with Crippen molar-refractivity contribution in [2.45, 2.75) is 45.1 Å². The summed E-state index contributed by atoms with van der Waals surface area (Å²) in [5.74, 6) is -0.0935. The third-order valence-corrected chi connectivity index (χ3v) is 5.99. The molecular formula is C27H32N4O4. The second kappa shape index (κ2) is 13.9. The van der Waals surface area contributed by atoms with Crippen LogP contribution in [-0.2, 0) is 21.0 Å². The number of unbranched alkanes of at least 4 members (excludes halogenated alkanes) is 3. The van der Waals surface area contributed by atoms with Gasteiger partial charge >= 0.3 is 0 Å². The van der Waals surface area contributed by atoms with E-state index in [-0.39, 0.29) is 17.7 Å². The highest BCUT2D eigenvalue weighted by Crippen LogP contribution is 2.13. The van der Waals surface area contributed by atoms with Crippen LogP contribution in [0, 0.1) is 11.3 Å². The molecule has 2 aromatic carbocycles. The first-order valence-corrected chi connectivity index (χ1v) is 12.1. The lowest BCUT2D eigenvalue weighted by molar-refractivity contribution is -0.135. The molecule has 1 N–H and O–H groups in total. The van der Waals surface area contributed by atoms with Gasteiger partial charge in [0.05, 0.1) is 18.2 Å². The molecule has 1 aliphatic heterocycles. The minimum Gasteiger partial charge on any atom is -0.339 e. The molecule has 2 aromatic rings. The summed E-state index contributed by atoms with van der Waals surface area (Å²) in [7, 11) is 0. The van der Waals surface area contributed by atoms with E-state index in [4.69, 9.17) is 10.1 Å². The largest absolute Gasteiger partial charge is 0.339 e. The fraction of sp³-hybridized carbons (Fsp3) is 0.407. The molecule has 1 heterocycles. The van der Waals surface area contributed by atoms with Crippen LogP contribution < -0.4 is 5.48 Å². The van der Waals surface area contributed by atoms with Gasteiger partial charge < -0.3 is 9.80 Å². The molecule has 0 unspecified atom stereocenters. The molecule has 1 aliphatic rings. The molecule has 0 aliphatic carbocycles. The van der Waals surface area contributed by atoms with Gasteiger partial charge in [-0.2, -0.15) is 5.26 Å². The van der Waals surface area contributed by atoms with Crippen LogP contribution in [0.5, 0.6) is 0 Å². The van der Waals surface area contributed by atoms with E-state index in [0.29, 0.717) is 56.8 Å². The number of hydroxylamine groups is 1. The maximum atomic E-state index is 12.6. The Hall–Kier alpha value is -3.70. The quantitative estimate of drug-likeness (QED) is 0.395. The van der Waals surface area contributed by atoms with Gasteiger partial charge in [0.25, 0.3) is 5.91 Å². The van der Waals surface area contributed by atoms with Crippen LogP contribution in [-0.4, -0.2) is 53.7 Å². The van der Waals surface area contributed by atoms with Gasteiger partial charge in [-0.25, -0.2) is 5.48 Å². The Bertz CT molecular complexity index is 1010. The third kappa shape index (κ3) is 8.54. The Balaban J connectivity index is 1.23. The molecule has 8 heteroatoms. The molecule has 0 radical (unpaired) electrons. The zero-order valence-electron chi connectivity index (χ0n) is 19.9. The van der Waals surface area contributed by atoms with Crippen LogP contribution >= 0.6 is 0 Å². The first kappa shape index (κ1) is 25.9. The highest BCUT2D eigenvalue weighted by atomic mass is 16.6. The highest BCUT2D eigenvalue weighted by molar-refractivity contribution is 5.94. The van der Waals surface area contributed by atoms with E-state index in [0.717, 1.165) is 31.2 Å². The van der Waals surface area contributed by atoms with Crippen LogP contribution in [0.15, 0.2) is 54.6 Å². The average molecular weight is 477 g/mol. The summed E-state index contributed by atoms with van der Waals surface area (Å²) < 4.78 is 0. The number of carbonyl (C=O) groups excluding carboxylic acids is 3. The molecule has 35 heavy (non-hydrogen) atoms. The monoisotopic (exact) mass is 476 g/mol. The van der Waals surface area contributed by atoms with Crippen molar-refractivity contribution in [2.75, 3.05) is 26.2 Å². The normalized spacial score (nSPS) is 13.2.